The number of aromatic amines is 1. The summed E-state index contributed by atoms with van der Waals surface area (Å²) in [4.78, 5) is 147. The molecule has 424 valence electrons. The number of hydrogen-bond donors (Lipinski definition) is 10. The summed E-state index contributed by atoms with van der Waals surface area (Å²) in [6, 6.07) is -1.65. The first-order chi connectivity index (χ1) is 36.2. The van der Waals surface area contributed by atoms with Gasteiger partial charge in [0.05, 0.1) is 72.1 Å². The van der Waals surface area contributed by atoms with E-state index in [9.17, 15) is 57.9 Å². The molecule has 24 nitrogen and oxygen atoms in total. The van der Waals surface area contributed by atoms with Crippen LogP contribution in [0.2, 0.25) is 0 Å². The average molecular weight is 1100 g/mol. The maximum absolute atomic E-state index is 16.0. The second kappa shape index (κ2) is 25.5. The number of nitrogens with zero attached hydrogens (tertiary/aromatic N) is 1. The monoisotopic (exact) mass is 1100 g/mol. The summed E-state index contributed by atoms with van der Waals surface area (Å²) in [5.74, 6) is -14.2. The predicted octanol–water partition coefficient (Wildman–Crippen LogP) is -1.02. The van der Waals surface area contributed by atoms with Gasteiger partial charge in [0.15, 0.2) is 17.3 Å². The summed E-state index contributed by atoms with van der Waals surface area (Å²) in [5, 5.41) is 45.9. The molecule has 1 fully saturated rings. The van der Waals surface area contributed by atoms with Gasteiger partial charge in [-0.15, -0.1) is 0 Å². The van der Waals surface area contributed by atoms with Crippen LogP contribution in [0.1, 0.15) is 111 Å². The Morgan fingerprint density at radius 3 is 2.26 bits per heavy atom. The molecule has 0 spiro atoms. The fraction of sp³-hybridized carbons (Fsp3) is 0.654. The van der Waals surface area contributed by atoms with Crippen LogP contribution in [-0.4, -0.2) is 168 Å². The van der Waals surface area contributed by atoms with Gasteiger partial charge < -0.3 is 62.1 Å². The summed E-state index contributed by atoms with van der Waals surface area (Å²) in [6.07, 6.45) is -5.42. The molecule has 1 saturated heterocycles. The number of H-pyrrole nitrogens is 1. The number of ether oxygens (including phenoxy) is 2. The Kier molecular flexibility index (Phi) is 19.9. The summed E-state index contributed by atoms with van der Waals surface area (Å²) >= 11 is 0. The minimum atomic E-state index is -2.38. The number of aliphatic hydroxyl groups excluding tert-OH is 3. The minimum Gasteiger partial charge on any atom is -0.465 e. The van der Waals surface area contributed by atoms with Gasteiger partial charge in [0.2, 0.25) is 41.2 Å². The Hall–Kier alpha value is -6.15. The SMILES string of the molecule is CC[C@H](C)[C@@H]1NC(=O)CNC(=O)[C@@H]2CC(=O)[C@H]([C@@H](C)[C@@H](O)CO)NC(=O)[C@@H]3CC(O)CN3C3(CCCCCC(=O)OC(C)(C)C)Oc4ccc5c(c([nH]c5c4)[S@](=O)CC(NC(=O)CNC1=O)C(=O)C[C@@H](CC(N)=O)C3=O)C2. The number of fused-ring (bicyclic) bond motifs is 7. The van der Waals surface area contributed by atoms with E-state index in [-0.39, 0.29) is 60.4 Å². The van der Waals surface area contributed by atoms with Crippen LogP contribution in [0.5, 0.6) is 5.75 Å². The van der Waals surface area contributed by atoms with Gasteiger partial charge in [0.1, 0.15) is 22.4 Å². The van der Waals surface area contributed by atoms with Crippen LogP contribution in [-0.2, 0) is 69.9 Å². The van der Waals surface area contributed by atoms with E-state index in [2.05, 4.69) is 31.6 Å². The Balaban J connectivity index is 1.64. The molecule has 4 aliphatic rings. The van der Waals surface area contributed by atoms with E-state index in [4.69, 9.17) is 15.2 Å². The average Bonchev–Trinajstić information content (AvgIpc) is 4.00. The van der Waals surface area contributed by atoms with Crippen molar-refractivity contribution in [1.29, 1.82) is 0 Å². The van der Waals surface area contributed by atoms with Crippen LogP contribution in [0.15, 0.2) is 23.2 Å². The first kappa shape index (κ1) is 60.1. The van der Waals surface area contributed by atoms with Crippen molar-refractivity contribution in [3.8, 4) is 5.75 Å². The zero-order valence-corrected chi connectivity index (χ0v) is 45.2. The lowest BCUT2D eigenvalue weighted by Crippen LogP contribution is -2.65. The zero-order valence-electron chi connectivity index (χ0n) is 44.4. The third-order valence-corrected chi connectivity index (χ3v) is 16.2. The van der Waals surface area contributed by atoms with Crippen molar-refractivity contribution in [3.63, 3.8) is 0 Å². The second-order valence-corrected chi connectivity index (χ2v) is 23.2. The number of rotatable bonds is 13. The number of hydrogen-bond acceptors (Lipinski definition) is 17. The fourth-order valence-corrected chi connectivity index (χ4v) is 12.0. The highest BCUT2D eigenvalue weighted by atomic mass is 32.2. The summed E-state index contributed by atoms with van der Waals surface area (Å²) in [6.45, 7) is 7.23. The van der Waals surface area contributed by atoms with Gasteiger partial charge in [0, 0.05) is 67.9 Å². The van der Waals surface area contributed by atoms with Gasteiger partial charge in [-0.3, -0.25) is 52.2 Å². The number of amides is 6. The lowest BCUT2D eigenvalue weighted by Gasteiger charge is -2.45. The molecule has 25 heteroatoms. The van der Waals surface area contributed by atoms with Crippen molar-refractivity contribution >= 4 is 80.5 Å². The molecule has 2 aromatic rings. The highest BCUT2D eigenvalue weighted by Gasteiger charge is 2.57. The van der Waals surface area contributed by atoms with Crippen molar-refractivity contribution in [2.45, 2.75) is 165 Å². The number of primary amides is 1. The van der Waals surface area contributed by atoms with E-state index in [1.807, 2.05) is 0 Å². The largest absolute Gasteiger partial charge is 0.465 e. The summed E-state index contributed by atoms with van der Waals surface area (Å²) in [5.41, 5.74) is 3.09. The molecular weight excluding hydrogens is 1020 g/mol. The van der Waals surface area contributed by atoms with Crippen LogP contribution >= 0.6 is 0 Å². The maximum Gasteiger partial charge on any atom is 0.306 e. The van der Waals surface area contributed by atoms with Crippen LogP contribution in [0.25, 0.3) is 10.9 Å². The quantitative estimate of drug-likeness (QED) is 0.0848. The number of ketones is 3. The highest BCUT2D eigenvalue weighted by Crippen LogP contribution is 2.41. The molecule has 6 rings (SSSR count). The molecule has 0 radical (unpaired) electrons. The van der Waals surface area contributed by atoms with E-state index in [0.29, 0.717) is 11.8 Å². The number of benzene rings is 1. The van der Waals surface area contributed by atoms with Gasteiger partial charge >= 0.3 is 5.97 Å². The number of carbonyl (C=O) groups is 10. The normalized spacial score (nSPS) is 28.7. The summed E-state index contributed by atoms with van der Waals surface area (Å²) in [7, 11) is -2.31. The molecule has 5 heterocycles. The first-order valence-electron chi connectivity index (χ1n) is 26.3. The third kappa shape index (κ3) is 14.7. The molecule has 6 amide bonds. The number of carbonyl (C=O) groups excluding carboxylic acids is 10. The standard InChI is InChI=1S/C52H74N8O16S/c1-7-26(2)44-49(73)55-21-41(67)56-35-25-77(74)50-33-15-29(47(71)54-22-42(68)58-44)17-38(64)45(27(3)39(65)24-61)59-48(72)36-19-30(62)23-60(36)52(46(70)28(16-37(35)63)18-40(53)66,75-31-12-13-32(33)34(20-31)57-50)14-10-8-9-11-43(69)76-51(4,5)6/h12-13,20,26-30,35-36,39,44-45,57,61-62,65H,7-11,14-19,21-25H2,1-6H3,(H2,53,66)(H,54,71)(H,55,73)(H,56,67)(H,58,68)(H,59,72)/t26-,27-,28-,29-,30?,35?,36-,39-,44-,45-,52?,77+/m0/s1. The van der Waals surface area contributed by atoms with Crippen molar-refractivity contribution < 1.29 is 76.9 Å². The fourth-order valence-electron chi connectivity index (χ4n) is 10.5. The van der Waals surface area contributed by atoms with Crippen LogP contribution < -0.4 is 37.1 Å². The van der Waals surface area contributed by atoms with Crippen molar-refractivity contribution in [2.24, 2.45) is 29.4 Å². The van der Waals surface area contributed by atoms with Crippen LogP contribution in [0.3, 0.4) is 0 Å². The van der Waals surface area contributed by atoms with E-state index >= 15 is 9.59 Å². The van der Waals surface area contributed by atoms with E-state index < -0.39 is 199 Å². The Morgan fingerprint density at radius 1 is 0.909 bits per heavy atom. The molecule has 0 aliphatic carbocycles. The third-order valence-electron chi connectivity index (χ3n) is 14.8. The van der Waals surface area contributed by atoms with Crippen LogP contribution in [0.4, 0.5) is 0 Å². The number of aliphatic hydroxyl groups is 3. The molecule has 3 unspecified atom stereocenters. The molecule has 12 atom stereocenters. The van der Waals surface area contributed by atoms with Crippen molar-refractivity contribution in [3.05, 3.63) is 23.8 Å². The Bertz CT molecular complexity index is 2640. The van der Waals surface area contributed by atoms with E-state index in [1.54, 1.807) is 40.7 Å². The number of esters is 1. The van der Waals surface area contributed by atoms with Gasteiger partial charge in [-0.1, -0.05) is 33.6 Å². The molecular formula is C52H74N8O16S. The first-order valence-corrected chi connectivity index (χ1v) is 27.6. The van der Waals surface area contributed by atoms with Crippen molar-refractivity contribution in [2.75, 3.05) is 32.0 Å². The minimum absolute atomic E-state index is 0.0130. The lowest BCUT2D eigenvalue weighted by atomic mass is 9.82. The molecule has 77 heavy (non-hydrogen) atoms. The summed E-state index contributed by atoms with van der Waals surface area (Å²) < 4.78 is 27.4. The lowest BCUT2D eigenvalue weighted by molar-refractivity contribution is -0.168. The van der Waals surface area contributed by atoms with Gasteiger partial charge in [0.25, 0.3) is 0 Å². The maximum atomic E-state index is 16.0. The van der Waals surface area contributed by atoms with Crippen molar-refractivity contribution in [1.82, 2.24) is 36.5 Å². The molecule has 11 N–H and O–H groups in total. The van der Waals surface area contributed by atoms with E-state index in [0.717, 1.165) is 0 Å². The number of nitrogens with one attached hydrogen (secondary N) is 6. The van der Waals surface area contributed by atoms with Gasteiger partial charge in [-0.25, -0.2) is 4.90 Å². The molecule has 8 bridgehead atoms. The number of Topliss-reactive ketones (excluding diaryl/α,β-unsaturated/α-hetero) is 3. The molecule has 1 aromatic carbocycles. The Morgan fingerprint density at radius 2 is 1.60 bits per heavy atom. The smallest absolute Gasteiger partial charge is 0.306 e. The zero-order chi connectivity index (χ0) is 56.7. The van der Waals surface area contributed by atoms with Crippen LogP contribution in [0, 0.1) is 23.7 Å². The molecule has 1 aromatic heterocycles. The Labute approximate surface area is 448 Å². The van der Waals surface area contributed by atoms with Gasteiger partial charge in [-0.05, 0) is 70.1 Å². The predicted molar refractivity (Wildman–Crippen MR) is 275 cm³/mol. The molecule has 0 saturated carbocycles. The molecule has 4 aliphatic heterocycles. The number of aromatic nitrogens is 1. The van der Waals surface area contributed by atoms with Gasteiger partial charge in [-0.2, -0.15) is 0 Å². The van der Waals surface area contributed by atoms with E-state index in [1.165, 1.54) is 24.0 Å². The highest BCUT2D eigenvalue weighted by molar-refractivity contribution is 7.85. The second-order valence-electron chi connectivity index (χ2n) is 21.8. The number of unbranched alkanes of at least 4 members (excludes halogenated alkanes) is 2. The number of nitrogens with two attached hydrogens (primary N) is 1. The topological polar surface area (TPSA) is 372 Å².